The van der Waals surface area contributed by atoms with Crippen LogP contribution in [0.5, 0.6) is 0 Å². The summed E-state index contributed by atoms with van der Waals surface area (Å²) in [6, 6.07) is 21.2. The molecule has 2 aromatic heterocycles. The first-order chi connectivity index (χ1) is 15.1. The summed E-state index contributed by atoms with van der Waals surface area (Å²) in [6.45, 7) is 1.10. The SMILES string of the molecule is CN(Cc1ccc(Cl)cc1)C(=O)CSc1nnc(-c2ccco2)n1Cc1ccccc1. The molecule has 8 heteroatoms. The molecule has 0 radical (unpaired) electrons. The first-order valence-electron chi connectivity index (χ1n) is 9.72. The molecule has 2 aromatic carbocycles. The van der Waals surface area contributed by atoms with Gasteiger partial charge in [-0.3, -0.25) is 9.36 Å². The third-order valence-corrected chi connectivity index (χ3v) is 5.93. The number of hydrogen-bond acceptors (Lipinski definition) is 5. The highest BCUT2D eigenvalue weighted by Gasteiger charge is 2.19. The second-order valence-electron chi connectivity index (χ2n) is 7.02. The van der Waals surface area contributed by atoms with Crippen LogP contribution in [0.25, 0.3) is 11.6 Å². The molecule has 4 rings (SSSR count). The molecule has 0 N–H and O–H groups in total. The fourth-order valence-electron chi connectivity index (χ4n) is 3.08. The largest absolute Gasteiger partial charge is 0.461 e. The van der Waals surface area contributed by atoms with Crippen LogP contribution in [0.15, 0.2) is 82.6 Å². The van der Waals surface area contributed by atoms with E-state index in [9.17, 15) is 4.79 Å². The van der Waals surface area contributed by atoms with Crippen molar-refractivity contribution in [3.05, 3.63) is 89.1 Å². The monoisotopic (exact) mass is 452 g/mol. The van der Waals surface area contributed by atoms with Crippen molar-refractivity contribution in [1.29, 1.82) is 0 Å². The maximum absolute atomic E-state index is 12.7. The predicted octanol–water partition coefficient (Wildman–Crippen LogP) is 4.99. The summed E-state index contributed by atoms with van der Waals surface area (Å²) in [4.78, 5) is 14.4. The quantitative estimate of drug-likeness (QED) is 0.352. The van der Waals surface area contributed by atoms with Crippen molar-refractivity contribution >= 4 is 29.3 Å². The van der Waals surface area contributed by atoms with Gasteiger partial charge in [0.2, 0.25) is 11.7 Å². The molecule has 4 aromatic rings. The highest BCUT2D eigenvalue weighted by atomic mass is 35.5. The summed E-state index contributed by atoms with van der Waals surface area (Å²) >= 11 is 7.30. The van der Waals surface area contributed by atoms with Gasteiger partial charge < -0.3 is 9.32 Å². The Morgan fingerprint density at radius 1 is 1.03 bits per heavy atom. The van der Waals surface area contributed by atoms with Crippen molar-refractivity contribution in [2.45, 2.75) is 18.2 Å². The number of thioether (sulfide) groups is 1. The van der Waals surface area contributed by atoms with E-state index in [1.165, 1.54) is 11.8 Å². The average molecular weight is 453 g/mol. The number of furan rings is 1. The summed E-state index contributed by atoms with van der Waals surface area (Å²) < 4.78 is 7.51. The molecule has 0 aliphatic carbocycles. The van der Waals surface area contributed by atoms with Crippen molar-refractivity contribution in [3.63, 3.8) is 0 Å². The van der Waals surface area contributed by atoms with E-state index in [0.717, 1.165) is 11.1 Å². The zero-order valence-electron chi connectivity index (χ0n) is 16.9. The topological polar surface area (TPSA) is 64.2 Å². The van der Waals surface area contributed by atoms with Gasteiger partial charge in [0.05, 0.1) is 18.6 Å². The molecule has 0 saturated heterocycles. The molecule has 2 heterocycles. The van der Waals surface area contributed by atoms with Crippen LogP contribution in [0.1, 0.15) is 11.1 Å². The van der Waals surface area contributed by atoms with Crippen molar-refractivity contribution < 1.29 is 9.21 Å². The van der Waals surface area contributed by atoms with Gasteiger partial charge in [0.25, 0.3) is 0 Å². The molecule has 0 bridgehead atoms. The lowest BCUT2D eigenvalue weighted by Gasteiger charge is -2.17. The molecular formula is C23H21ClN4O2S. The van der Waals surface area contributed by atoms with Gasteiger partial charge in [-0.2, -0.15) is 0 Å². The maximum Gasteiger partial charge on any atom is 0.233 e. The summed E-state index contributed by atoms with van der Waals surface area (Å²) in [5, 5.41) is 9.99. The Hall–Kier alpha value is -3.03. The Labute approximate surface area is 189 Å². The minimum absolute atomic E-state index is 0.00811. The molecule has 31 heavy (non-hydrogen) atoms. The molecule has 1 amide bonds. The molecule has 0 aliphatic rings. The number of carbonyl (C=O) groups excluding carboxylic acids is 1. The molecule has 158 valence electrons. The van der Waals surface area contributed by atoms with E-state index in [-0.39, 0.29) is 11.7 Å². The van der Waals surface area contributed by atoms with Gasteiger partial charge in [-0.25, -0.2) is 0 Å². The zero-order valence-corrected chi connectivity index (χ0v) is 18.5. The second kappa shape index (κ2) is 9.85. The summed E-state index contributed by atoms with van der Waals surface area (Å²) in [5.41, 5.74) is 2.14. The summed E-state index contributed by atoms with van der Waals surface area (Å²) in [6.07, 6.45) is 1.61. The van der Waals surface area contributed by atoms with Crippen LogP contribution in [-0.2, 0) is 17.9 Å². The van der Waals surface area contributed by atoms with Gasteiger partial charge in [0.1, 0.15) is 0 Å². The Morgan fingerprint density at radius 2 is 1.81 bits per heavy atom. The van der Waals surface area contributed by atoms with E-state index >= 15 is 0 Å². The Morgan fingerprint density at radius 3 is 2.52 bits per heavy atom. The lowest BCUT2D eigenvalue weighted by molar-refractivity contribution is -0.127. The average Bonchev–Trinajstić information content (AvgIpc) is 3.44. The van der Waals surface area contributed by atoms with Crippen LogP contribution in [0, 0.1) is 0 Å². The van der Waals surface area contributed by atoms with Crippen molar-refractivity contribution in [1.82, 2.24) is 19.7 Å². The Balaban J connectivity index is 1.47. The number of halogens is 1. The van der Waals surface area contributed by atoms with E-state index in [4.69, 9.17) is 16.0 Å². The van der Waals surface area contributed by atoms with Gasteiger partial charge in [-0.1, -0.05) is 65.8 Å². The normalized spacial score (nSPS) is 10.9. The minimum atomic E-state index is 0.00811. The van der Waals surface area contributed by atoms with Crippen LogP contribution in [0.4, 0.5) is 0 Å². The van der Waals surface area contributed by atoms with Crippen molar-refractivity contribution in [3.8, 4) is 11.6 Å². The molecule has 0 fully saturated rings. The third-order valence-electron chi connectivity index (χ3n) is 4.73. The molecule has 0 aliphatic heterocycles. The molecule has 0 saturated carbocycles. The number of nitrogens with zero attached hydrogens (tertiary/aromatic N) is 4. The molecule has 0 unspecified atom stereocenters. The van der Waals surface area contributed by atoms with E-state index in [2.05, 4.69) is 10.2 Å². The zero-order chi connectivity index (χ0) is 21.6. The fraction of sp³-hybridized carbons (Fsp3) is 0.174. The fourth-order valence-corrected chi connectivity index (χ4v) is 4.08. The number of aromatic nitrogens is 3. The van der Waals surface area contributed by atoms with Crippen LogP contribution >= 0.6 is 23.4 Å². The van der Waals surface area contributed by atoms with Gasteiger partial charge in [-0.15, -0.1) is 10.2 Å². The molecule has 0 atom stereocenters. The number of benzene rings is 2. The molecule has 6 nitrogen and oxygen atoms in total. The first kappa shape index (κ1) is 21.2. The van der Waals surface area contributed by atoms with Crippen LogP contribution in [0.2, 0.25) is 5.02 Å². The predicted molar refractivity (Wildman–Crippen MR) is 122 cm³/mol. The molecule has 0 spiro atoms. The smallest absolute Gasteiger partial charge is 0.233 e. The maximum atomic E-state index is 12.7. The van der Waals surface area contributed by atoms with Crippen LogP contribution in [-0.4, -0.2) is 38.4 Å². The van der Waals surface area contributed by atoms with Gasteiger partial charge in [0.15, 0.2) is 10.9 Å². The van der Waals surface area contributed by atoms with E-state index in [1.807, 2.05) is 71.3 Å². The van der Waals surface area contributed by atoms with E-state index in [0.29, 0.717) is 34.9 Å². The van der Waals surface area contributed by atoms with Gasteiger partial charge in [-0.05, 0) is 35.4 Å². The van der Waals surface area contributed by atoms with Crippen LogP contribution in [0.3, 0.4) is 0 Å². The highest BCUT2D eigenvalue weighted by molar-refractivity contribution is 7.99. The van der Waals surface area contributed by atoms with Gasteiger partial charge >= 0.3 is 0 Å². The minimum Gasteiger partial charge on any atom is -0.461 e. The summed E-state index contributed by atoms with van der Waals surface area (Å²) in [5.74, 6) is 1.54. The molecular weight excluding hydrogens is 432 g/mol. The van der Waals surface area contributed by atoms with Crippen molar-refractivity contribution in [2.24, 2.45) is 0 Å². The third kappa shape index (κ3) is 5.37. The van der Waals surface area contributed by atoms with E-state index < -0.39 is 0 Å². The Bertz CT molecular complexity index is 1130. The second-order valence-corrected chi connectivity index (χ2v) is 8.40. The highest BCUT2D eigenvalue weighted by Crippen LogP contribution is 2.26. The van der Waals surface area contributed by atoms with E-state index in [1.54, 1.807) is 18.2 Å². The van der Waals surface area contributed by atoms with Gasteiger partial charge in [0, 0.05) is 18.6 Å². The number of rotatable bonds is 8. The standard InChI is InChI=1S/C23H21ClN4O2S/c1-27(14-18-9-11-19(24)12-10-18)21(29)16-31-23-26-25-22(20-8-5-13-30-20)28(23)15-17-6-3-2-4-7-17/h2-13H,14-16H2,1H3. The van der Waals surface area contributed by atoms with Crippen molar-refractivity contribution in [2.75, 3.05) is 12.8 Å². The number of hydrogen-bond donors (Lipinski definition) is 0. The first-order valence-corrected chi connectivity index (χ1v) is 11.1. The van der Waals surface area contributed by atoms with Crippen LogP contribution < -0.4 is 0 Å². The Kier molecular flexibility index (Phi) is 6.74. The summed E-state index contributed by atoms with van der Waals surface area (Å²) in [7, 11) is 1.79. The lowest BCUT2D eigenvalue weighted by atomic mass is 10.2. The number of amides is 1. The lowest BCUT2D eigenvalue weighted by Crippen LogP contribution is -2.27. The number of carbonyl (C=O) groups is 1.